The van der Waals surface area contributed by atoms with E-state index in [9.17, 15) is 18.0 Å². The normalized spacial score (nSPS) is 21.0. The Morgan fingerprint density at radius 3 is 2.50 bits per heavy atom. The number of allylic oxidation sites excluding steroid dienone is 1. The second kappa shape index (κ2) is 5.82. The summed E-state index contributed by atoms with van der Waals surface area (Å²) in [7, 11) is 0. The molecule has 0 aromatic heterocycles. The van der Waals surface area contributed by atoms with Crippen LogP contribution in [0.1, 0.15) is 18.1 Å². The molecule has 0 amide bonds. The minimum absolute atomic E-state index is 0.00312. The van der Waals surface area contributed by atoms with Gasteiger partial charge in [-0.1, -0.05) is 29.8 Å². The van der Waals surface area contributed by atoms with Crippen LogP contribution in [0.15, 0.2) is 41.6 Å². The molecule has 1 aliphatic rings. The first-order valence-electron chi connectivity index (χ1n) is 6.55. The van der Waals surface area contributed by atoms with Crippen molar-refractivity contribution in [3.05, 3.63) is 47.7 Å². The lowest BCUT2D eigenvalue weighted by Crippen LogP contribution is -2.54. The zero-order valence-corrected chi connectivity index (χ0v) is 12.0. The summed E-state index contributed by atoms with van der Waals surface area (Å²) in [6, 6.07) is 6.72. The molecular weight excluding hydrogens is 299 g/mol. The van der Waals surface area contributed by atoms with Crippen molar-refractivity contribution in [2.45, 2.75) is 25.7 Å². The Kier molecular flexibility index (Phi) is 4.25. The highest BCUT2D eigenvalue weighted by atomic mass is 19.4. The molecule has 1 unspecified atom stereocenters. The van der Waals surface area contributed by atoms with Crippen LogP contribution in [0, 0.1) is 6.92 Å². The van der Waals surface area contributed by atoms with Gasteiger partial charge in [-0.25, -0.2) is 9.79 Å². The topological polar surface area (TPSA) is 47.9 Å². The van der Waals surface area contributed by atoms with Gasteiger partial charge in [0.2, 0.25) is 0 Å². The lowest BCUT2D eigenvalue weighted by atomic mass is 10.1. The molecule has 0 saturated carbocycles. The van der Waals surface area contributed by atoms with Gasteiger partial charge in [0, 0.05) is 0 Å². The van der Waals surface area contributed by atoms with Crippen molar-refractivity contribution in [2.24, 2.45) is 4.99 Å². The van der Waals surface area contributed by atoms with E-state index < -0.39 is 17.9 Å². The van der Waals surface area contributed by atoms with Gasteiger partial charge in [-0.3, -0.25) is 0 Å². The number of halogens is 3. The summed E-state index contributed by atoms with van der Waals surface area (Å²) in [4.78, 5) is 15.3. The minimum atomic E-state index is -5.04. The molecule has 22 heavy (non-hydrogen) atoms. The molecule has 1 heterocycles. The van der Waals surface area contributed by atoms with Crippen molar-refractivity contribution in [3.8, 4) is 0 Å². The summed E-state index contributed by atoms with van der Waals surface area (Å²) >= 11 is 0. The predicted octanol–water partition coefficient (Wildman–Crippen LogP) is 3.15. The van der Waals surface area contributed by atoms with Crippen LogP contribution < -0.4 is 0 Å². The maximum absolute atomic E-state index is 13.4. The van der Waals surface area contributed by atoms with E-state index >= 15 is 0 Å². The van der Waals surface area contributed by atoms with Crippen molar-refractivity contribution in [1.82, 2.24) is 0 Å². The molecule has 118 valence electrons. The average Bonchev–Trinajstić information content (AvgIpc) is 2.47. The summed E-state index contributed by atoms with van der Waals surface area (Å²) in [6.07, 6.45) is -2.96. The van der Waals surface area contributed by atoms with Crippen LogP contribution in [0.5, 0.6) is 0 Å². The van der Waals surface area contributed by atoms with Crippen LogP contribution in [-0.2, 0) is 14.3 Å². The third kappa shape index (κ3) is 2.84. The molecular formula is C15H14F3NO3. The van der Waals surface area contributed by atoms with Gasteiger partial charge in [-0.05, 0) is 25.5 Å². The van der Waals surface area contributed by atoms with E-state index in [2.05, 4.69) is 14.5 Å². The number of benzene rings is 1. The quantitative estimate of drug-likeness (QED) is 0.805. The zero-order chi connectivity index (χ0) is 16.4. The van der Waals surface area contributed by atoms with Gasteiger partial charge < -0.3 is 9.47 Å². The highest BCUT2D eigenvalue weighted by molar-refractivity contribution is 6.10. The van der Waals surface area contributed by atoms with Crippen LogP contribution in [0.25, 0.3) is 0 Å². The summed E-state index contributed by atoms with van der Waals surface area (Å²) in [6.45, 7) is 3.05. The van der Waals surface area contributed by atoms with Crippen LogP contribution in [0.4, 0.5) is 13.2 Å². The average molecular weight is 313 g/mol. The van der Waals surface area contributed by atoms with Crippen LogP contribution in [-0.4, -0.2) is 30.2 Å². The van der Waals surface area contributed by atoms with Crippen LogP contribution >= 0.6 is 0 Å². The van der Waals surface area contributed by atoms with Gasteiger partial charge in [-0.2, -0.15) is 13.2 Å². The smallest absolute Gasteiger partial charge is 0.461 e. The number of rotatable bonds is 3. The fourth-order valence-electron chi connectivity index (χ4n) is 1.88. The standard InChI is InChI=1S/C15H14F3NO3/c1-3-21-13(20)14(15(16,17)18)19-12(8-9-22-14)11-6-4-10(2)5-7-11/h4-9H,3H2,1-2H3. The van der Waals surface area contributed by atoms with Crippen molar-refractivity contribution >= 4 is 11.7 Å². The first-order chi connectivity index (χ1) is 10.3. The fourth-order valence-corrected chi connectivity index (χ4v) is 1.88. The molecule has 0 aliphatic carbocycles. The molecule has 0 fully saturated rings. The van der Waals surface area contributed by atoms with Crippen molar-refractivity contribution < 1.29 is 27.4 Å². The highest BCUT2D eigenvalue weighted by Crippen LogP contribution is 2.38. The van der Waals surface area contributed by atoms with E-state index in [0.717, 1.165) is 11.8 Å². The molecule has 0 spiro atoms. The van der Waals surface area contributed by atoms with Crippen molar-refractivity contribution in [1.29, 1.82) is 0 Å². The molecule has 4 nitrogen and oxygen atoms in total. The second-order valence-corrected chi connectivity index (χ2v) is 4.65. The Morgan fingerprint density at radius 2 is 1.95 bits per heavy atom. The second-order valence-electron chi connectivity index (χ2n) is 4.65. The molecule has 0 bridgehead atoms. The molecule has 1 aliphatic heterocycles. The van der Waals surface area contributed by atoms with Crippen LogP contribution in [0.3, 0.4) is 0 Å². The Bertz CT molecular complexity index is 620. The van der Waals surface area contributed by atoms with Crippen molar-refractivity contribution in [3.63, 3.8) is 0 Å². The molecule has 0 radical (unpaired) electrons. The Hall–Kier alpha value is -2.31. The third-order valence-corrected chi connectivity index (χ3v) is 3.03. The molecule has 0 N–H and O–H groups in total. The van der Waals surface area contributed by atoms with E-state index in [0.29, 0.717) is 5.56 Å². The monoisotopic (exact) mass is 313 g/mol. The number of hydrogen-bond donors (Lipinski definition) is 0. The minimum Gasteiger partial charge on any atom is -0.461 e. The van der Waals surface area contributed by atoms with E-state index in [-0.39, 0.29) is 12.3 Å². The number of nitrogens with zero attached hydrogens (tertiary/aromatic N) is 1. The maximum atomic E-state index is 13.4. The summed E-state index contributed by atoms with van der Waals surface area (Å²) in [5.74, 6) is -1.59. The fraction of sp³-hybridized carbons (Fsp3) is 0.333. The molecule has 1 aromatic rings. The first-order valence-corrected chi connectivity index (χ1v) is 6.55. The molecule has 0 saturated heterocycles. The Morgan fingerprint density at radius 1 is 1.32 bits per heavy atom. The van der Waals surface area contributed by atoms with E-state index in [1.165, 1.54) is 13.0 Å². The first kappa shape index (κ1) is 16.1. The van der Waals surface area contributed by atoms with Gasteiger partial charge in [0.25, 0.3) is 0 Å². The van der Waals surface area contributed by atoms with Gasteiger partial charge in [-0.15, -0.1) is 0 Å². The van der Waals surface area contributed by atoms with E-state index in [1.54, 1.807) is 24.3 Å². The molecule has 1 aromatic carbocycles. The number of carbonyl (C=O) groups excluding carboxylic acids is 1. The lowest BCUT2D eigenvalue weighted by Gasteiger charge is -2.31. The van der Waals surface area contributed by atoms with Gasteiger partial charge in [0.15, 0.2) is 0 Å². The number of esters is 1. The number of carbonyl (C=O) groups is 1. The zero-order valence-electron chi connectivity index (χ0n) is 12.0. The Balaban J connectivity index is 2.50. The summed E-state index contributed by atoms with van der Waals surface area (Å²) in [5.41, 5.74) is -1.97. The maximum Gasteiger partial charge on any atom is 0.462 e. The number of aryl methyl sites for hydroxylation is 1. The number of alkyl halides is 3. The van der Waals surface area contributed by atoms with E-state index in [1.807, 2.05) is 6.92 Å². The lowest BCUT2D eigenvalue weighted by molar-refractivity contribution is -0.261. The number of aliphatic imine (C=N–C) groups is 1. The predicted molar refractivity (Wildman–Crippen MR) is 73.4 cm³/mol. The van der Waals surface area contributed by atoms with Gasteiger partial charge in [0.1, 0.15) is 0 Å². The van der Waals surface area contributed by atoms with E-state index in [4.69, 9.17) is 0 Å². The summed E-state index contributed by atoms with van der Waals surface area (Å²) in [5, 5.41) is 0. The molecule has 1 atom stereocenters. The summed E-state index contributed by atoms with van der Waals surface area (Å²) < 4.78 is 49.1. The Labute approximate surface area is 125 Å². The number of ether oxygens (including phenoxy) is 2. The van der Waals surface area contributed by atoms with Gasteiger partial charge in [0.05, 0.1) is 18.6 Å². The van der Waals surface area contributed by atoms with Crippen molar-refractivity contribution in [2.75, 3.05) is 6.61 Å². The highest BCUT2D eigenvalue weighted by Gasteiger charge is 2.66. The third-order valence-electron chi connectivity index (χ3n) is 3.03. The van der Waals surface area contributed by atoms with Gasteiger partial charge >= 0.3 is 17.9 Å². The number of hydrogen-bond acceptors (Lipinski definition) is 4. The van der Waals surface area contributed by atoms with Crippen LogP contribution in [0.2, 0.25) is 0 Å². The molecule has 2 rings (SSSR count). The SMILES string of the molecule is CCOC(=O)C1(C(F)(F)F)N=C(c2ccc(C)cc2)C=CO1. The largest absolute Gasteiger partial charge is 0.462 e. The molecule has 7 heteroatoms.